The van der Waals surface area contributed by atoms with Gasteiger partial charge in [-0.25, -0.2) is 0 Å². The Kier molecular flexibility index (Phi) is 8.69. The second-order valence-corrected chi connectivity index (χ2v) is 6.88. The van der Waals surface area contributed by atoms with Crippen molar-refractivity contribution in [2.24, 2.45) is 5.92 Å². The predicted octanol–water partition coefficient (Wildman–Crippen LogP) is 3.63. The Morgan fingerprint density at radius 3 is 2.41 bits per heavy atom. The molecular weight excluding hydrogens is 274 g/mol. The van der Waals surface area contributed by atoms with Gasteiger partial charge < -0.3 is 9.84 Å². The van der Waals surface area contributed by atoms with Crippen molar-refractivity contribution >= 4 is 0 Å². The molecule has 0 bridgehead atoms. The minimum atomic E-state index is -0.432. The summed E-state index contributed by atoms with van der Waals surface area (Å²) in [6.45, 7) is 13.6. The van der Waals surface area contributed by atoms with Crippen LogP contribution in [-0.4, -0.2) is 41.9 Å². The van der Waals surface area contributed by atoms with E-state index in [1.165, 1.54) is 11.1 Å². The molecule has 0 aromatic heterocycles. The van der Waals surface area contributed by atoms with Crippen LogP contribution < -0.4 is 0 Å². The molecule has 0 spiro atoms. The van der Waals surface area contributed by atoms with Gasteiger partial charge in [0.1, 0.15) is 0 Å². The Bertz CT molecular complexity index is 418. The molecule has 0 fully saturated rings. The summed E-state index contributed by atoms with van der Waals surface area (Å²) in [4.78, 5) is 2.34. The number of hydrogen-bond donors (Lipinski definition) is 1. The summed E-state index contributed by atoms with van der Waals surface area (Å²) in [7, 11) is 0. The van der Waals surface area contributed by atoms with E-state index in [1.807, 2.05) is 13.8 Å². The summed E-state index contributed by atoms with van der Waals surface area (Å²) in [5.74, 6) is 0.670. The van der Waals surface area contributed by atoms with Crippen molar-refractivity contribution in [3.05, 3.63) is 35.4 Å². The van der Waals surface area contributed by atoms with Gasteiger partial charge in [-0.1, -0.05) is 38.1 Å². The first-order chi connectivity index (χ1) is 10.4. The van der Waals surface area contributed by atoms with Gasteiger partial charge in [0.15, 0.2) is 0 Å². The summed E-state index contributed by atoms with van der Waals surface area (Å²) in [6, 6.07) is 8.48. The molecule has 1 atom stereocenters. The fourth-order valence-electron chi connectivity index (χ4n) is 2.36. The van der Waals surface area contributed by atoms with Crippen LogP contribution in [0.5, 0.6) is 0 Å². The van der Waals surface area contributed by atoms with E-state index in [4.69, 9.17) is 4.74 Å². The Hall–Kier alpha value is -0.900. The molecule has 22 heavy (non-hydrogen) atoms. The van der Waals surface area contributed by atoms with Gasteiger partial charge in [-0.15, -0.1) is 0 Å². The third-order valence-corrected chi connectivity index (χ3v) is 3.77. The molecule has 0 heterocycles. The highest BCUT2D eigenvalue weighted by molar-refractivity contribution is 5.25. The van der Waals surface area contributed by atoms with Crippen LogP contribution in [0.15, 0.2) is 24.3 Å². The number of ether oxygens (including phenoxy) is 1. The van der Waals surface area contributed by atoms with E-state index >= 15 is 0 Å². The van der Waals surface area contributed by atoms with Gasteiger partial charge >= 0.3 is 0 Å². The minimum Gasteiger partial charge on any atom is -0.389 e. The molecule has 126 valence electrons. The fraction of sp³-hybridized carbons (Fsp3) is 0.684. The van der Waals surface area contributed by atoms with E-state index in [-0.39, 0.29) is 6.10 Å². The van der Waals surface area contributed by atoms with E-state index < -0.39 is 6.10 Å². The van der Waals surface area contributed by atoms with Gasteiger partial charge in [-0.2, -0.15) is 0 Å². The highest BCUT2D eigenvalue weighted by atomic mass is 16.5. The number of aliphatic hydroxyl groups excluding tert-OH is 1. The van der Waals surface area contributed by atoms with Crippen LogP contribution in [0.2, 0.25) is 0 Å². The lowest BCUT2D eigenvalue weighted by Crippen LogP contribution is -2.36. The zero-order valence-electron chi connectivity index (χ0n) is 14.9. The van der Waals surface area contributed by atoms with Crippen LogP contribution in [0.25, 0.3) is 0 Å². The highest BCUT2D eigenvalue weighted by Gasteiger charge is 2.14. The van der Waals surface area contributed by atoms with Crippen LogP contribution >= 0.6 is 0 Å². The Labute approximate surface area is 136 Å². The van der Waals surface area contributed by atoms with Gasteiger partial charge in [0.2, 0.25) is 0 Å². The zero-order chi connectivity index (χ0) is 16.5. The van der Waals surface area contributed by atoms with Crippen molar-refractivity contribution in [3.63, 3.8) is 0 Å². The van der Waals surface area contributed by atoms with Gasteiger partial charge in [-0.3, -0.25) is 4.90 Å². The molecule has 0 aliphatic rings. The molecule has 1 N–H and O–H groups in total. The largest absolute Gasteiger partial charge is 0.389 e. The van der Waals surface area contributed by atoms with Crippen molar-refractivity contribution in [1.29, 1.82) is 0 Å². The van der Waals surface area contributed by atoms with Crippen molar-refractivity contribution < 1.29 is 9.84 Å². The van der Waals surface area contributed by atoms with E-state index in [1.54, 1.807) is 0 Å². The Morgan fingerprint density at radius 2 is 1.82 bits per heavy atom. The summed E-state index contributed by atoms with van der Waals surface area (Å²) in [5.41, 5.74) is 2.65. The molecule has 0 saturated carbocycles. The van der Waals surface area contributed by atoms with Gasteiger partial charge in [0, 0.05) is 13.1 Å². The summed E-state index contributed by atoms with van der Waals surface area (Å²) in [6.07, 6.45) is 0.873. The molecule has 0 radical (unpaired) electrons. The van der Waals surface area contributed by atoms with Crippen molar-refractivity contribution in [3.8, 4) is 0 Å². The zero-order valence-corrected chi connectivity index (χ0v) is 14.9. The number of aryl methyl sites for hydroxylation is 1. The first-order valence-electron chi connectivity index (χ1n) is 8.45. The third kappa shape index (κ3) is 7.92. The number of rotatable bonds is 10. The lowest BCUT2D eigenvalue weighted by molar-refractivity contribution is -0.00999. The predicted molar refractivity (Wildman–Crippen MR) is 93.0 cm³/mol. The molecule has 0 unspecified atom stereocenters. The van der Waals surface area contributed by atoms with Crippen molar-refractivity contribution in [2.75, 3.05) is 19.7 Å². The molecule has 0 amide bonds. The highest BCUT2D eigenvalue weighted by Crippen LogP contribution is 2.13. The van der Waals surface area contributed by atoms with E-state index in [0.717, 1.165) is 19.5 Å². The molecular formula is C19H33NO2. The van der Waals surface area contributed by atoms with Crippen molar-refractivity contribution in [2.45, 2.75) is 59.8 Å². The summed E-state index contributed by atoms with van der Waals surface area (Å²) in [5, 5.41) is 10.2. The second kappa shape index (κ2) is 9.98. The average molecular weight is 307 g/mol. The number of hydrogen-bond acceptors (Lipinski definition) is 3. The van der Waals surface area contributed by atoms with Crippen LogP contribution in [-0.2, 0) is 11.3 Å². The maximum Gasteiger partial charge on any atom is 0.0900 e. The molecule has 1 aromatic rings. The molecule has 3 nitrogen and oxygen atoms in total. The fourth-order valence-corrected chi connectivity index (χ4v) is 2.36. The number of benzene rings is 1. The maximum atomic E-state index is 10.2. The molecule has 1 rings (SSSR count). The van der Waals surface area contributed by atoms with Crippen LogP contribution in [0.3, 0.4) is 0 Å². The Morgan fingerprint density at radius 1 is 1.14 bits per heavy atom. The topological polar surface area (TPSA) is 32.7 Å². The quantitative estimate of drug-likeness (QED) is 0.716. The van der Waals surface area contributed by atoms with Crippen LogP contribution in [0.4, 0.5) is 0 Å². The number of aliphatic hydroxyl groups is 1. The lowest BCUT2D eigenvalue weighted by atomic mass is 10.1. The second-order valence-electron chi connectivity index (χ2n) is 6.88. The Balaban J connectivity index is 2.61. The molecule has 0 aliphatic carbocycles. The molecule has 1 aromatic carbocycles. The van der Waals surface area contributed by atoms with Gasteiger partial charge in [-0.05, 0) is 50.8 Å². The van der Waals surface area contributed by atoms with E-state index in [9.17, 15) is 5.11 Å². The van der Waals surface area contributed by atoms with E-state index in [2.05, 4.69) is 49.9 Å². The van der Waals surface area contributed by atoms with Gasteiger partial charge in [0.05, 0.1) is 18.8 Å². The first-order valence-corrected chi connectivity index (χ1v) is 8.45. The monoisotopic (exact) mass is 307 g/mol. The smallest absolute Gasteiger partial charge is 0.0900 e. The normalized spacial score (nSPS) is 13.3. The van der Waals surface area contributed by atoms with Crippen LogP contribution in [0, 0.1) is 12.8 Å². The third-order valence-electron chi connectivity index (χ3n) is 3.77. The standard InChI is InChI=1S/C19H33NO2/c1-15(2)10-11-20(13-19(21)14-22-16(3)4)12-18-9-7-6-8-17(18)5/h6-9,15-16,19,21H,10-14H2,1-5H3/t19-/m1/s1. The average Bonchev–Trinajstić information content (AvgIpc) is 2.45. The van der Waals surface area contributed by atoms with Crippen LogP contribution in [0.1, 0.15) is 45.2 Å². The molecule has 3 heteroatoms. The SMILES string of the molecule is Cc1ccccc1CN(CCC(C)C)C[C@@H](O)COC(C)C. The minimum absolute atomic E-state index is 0.162. The molecule has 0 aliphatic heterocycles. The number of nitrogens with zero attached hydrogens (tertiary/aromatic N) is 1. The molecule has 0 saturated heterocycles. The van der Waals surface area contributed by atoms with E-state index in [0.29, 0.717) is 19.1 Å². The first kappa shape index (κ1) is 19.1. The summed E-state index contributed by atoms with van der Waals surface area (Å²) < 4.78 is 5.53. The lowest BCUT2D eigenvalue weighted by Gasteiger charge is -2.27. The summed E-state index contributed by atoms with van der Waals surface area (Å²) >= 11 is 0. The van der Waals surface area contributed by atoms with Gasteiger partial charge in [0.25, 0.3) is 0 Å². The van der Waals surface area contributed by atoms with Crippen molar-refractivity contribution in [1.82, 2.24) is 4.90 Å². The maximum absolute atomic E-state index is 10.2.